The van der Waals surface area contributed by atoms with Gasteiger partial charge >= 0.3 is 0 Å². The summed E-state index contributed by atoms with van der Waals surface area (Å²) in [5, 5.41) is 0. The third-order valence-electron chi connectivity index (χ3n) is 13.3. The third kappa shape index (κ3) is 8.29. The summed E-state index contributed by atoms with van der Waals surface area (Å²) in [5.74, 6) is -1.55. The fourth-order valence-electron chi connectivity index (χ4n) is 10.3. The van der Waals surface area contributed by atoms with Crippen LogP contribution in [0.4, 0.5) is 0 Å². The highest BCUT2D eigenvalue weighted by Crippen LogP contribution is 2.43. The van der Waals surface area contributed by atoms with Crippen molar-refractivity contribution in [1.29, 1.82) is 0 Å². The van der Waals surface area contributed by atoms with Gasteiger partial charge in [-0.25, -0.2) is 9.97 Å². The van der Waals surface area contributed by atoms with Gasteiger partial charge in [-0.2, -0.15) is 0 Å². The maximum atomic E-state index is 6.75. The van der Waals surface area contributed by atoms with E-state index < -0.39 is 36.2 Å². The Morgan fingerprint density at radius 3 is 1.55 bits per heavy atom. The van der Waals surface area contributed by atoms with Gasteiger partial charge in [-0.3, -0.25) is 0 Å². The van der Waals surface area contributed by atoms with Crippen molar-refractivity contribution in [3.05, 3.63) is 174 Å². The fourth-order valence-corrected chi connectivity index (χ4v) is 10.3. The number of hydrogen-bond acceptors (Lipinski definition) is 8. The van der Waals surface area contributed by atoms with E-state index in [-0.39, 0.29) is 12.7 Å². The van der Waals surface area contributed by atoms with Gasteiger partial charge in [0.25, 0.3) is 0 Å². The molecule has 4 aromatic carbocycles. The molecule has 2 N–H and O–H groups in total. The molecule has 0 saturated carbocycles. The van der Waals surface area contributed by atoms with Gasteiger partial charge in [-0.05, 0) is 92.5 Å². The molecule has 0 spiro atoms. The molecule has 3 saturated heterocycles. The van der Waals surface area contributed by atoms with E-state index in [4.69, 9.17) is 38.4 Å². The molecule has 0 aliphatic carbocycles. The van der Waals surface area contributed by atoms with Gasteiger partial charge in [-0.1, -0.05) is 133 Å². The molecular formula is C59H52N4O6. The van der Waals surface area contributed by atoms with Crippen molar-refractivity contribution in [3.8, 4) is 44.5 Å². The maximum Gasteiger partial charge on any atom is 0.190 e. The lowest BCUT2D eigenvalue weighted by Gasteiger charge is -2.28. The van der Waals surface area contributed by atoms with Crippen LogP contribution in [-0.2, 0) is 28.4 Å². The standard InChI is InChI=1S/C59H52N4O6/c1-58(2)65-35-48(67-58)54-55(56-57(66-54)69-59(3,4)68-56)64-33-17-26-40-34-47-51(38-22-13-7-14-23-38)45-30-29-43(61-45)49(36-18-9-5-10-19-36)41-27-28-42(60-41)50(37-20-11-6-12-21-37)44-31-32-46(62-44)52(53(40)63-47)39-24-15-8-16-25-39/h5-32,34,48,54-57,60,63H,33,35H2,1-4H3/b26-17+,49-41?,49-43?,50-42?,50-44?,51-45?,51-47?,52-46?,53-52?/t48-,54-,55+,56-,57-/m1/s1. The summed E-state index contributed by atoms with van der Waals surface area (Å²) in [7, 11) is 0. The lowest BCUT2D eigenvalue weighted by Crippen LogP contribution is -2.44. The normalized spacial score (nSPS) is 22.2. The molecule has 10 heteroatoms. The predicted octanol–water partition coefficient (Wildman–Crippen LogP) is 12.7. The van der Waals surface area contributed by atoms with Crippen molar-refractivity contribution < 1.29 is 28.4 Å². The number of nitrogens with one attached hydrogen (secondary N) is 2. The van der Waals surface area contributed by atoms with Crippen LogP contribution < -0.4 is 0 Å². The lowest BCUT2D eigenvalue weighted by molar-refractivity contribution is -0.235. The molecule has 344 valence electrons. The van der Waals surface area contributed by atoms with E-state index in [0.717, 1.165) is 94.9 Å². The first-order chi connectivity index (χ1) is 33.6. The molecule has 0 radical (unpaired) electrons. The van der Waals surface area contributed by atoms with Crippen molar-refractivity contribution in [2.75, 3.05) is 13.2 Å². The van der Waals surface area contributed by atoms with Crippen LogP contribution in [0.5, 0.6) is 0 Å². The largest absolute Gasteiger partial charge is 0.368 e. The van der Waals surface area contributed by atoms with Crippen LogP contribution in [0.25, 0.3) is 97.0 Å². The van der Waals surface area contributed by atoms with Crippen LogP contribution in [0.1, 0.15) is 56.0 Å². The summed E-state index contributed by atoms with van der Waals surface area (Å²) < 4.78 is 38.0. The fraction of sp³-hybridized carbons (Fsp3) is 0.220. The zero-order valence-corrected chi connectivity index (χ0v) is 38.9. The molecule has 3 fully saturated rings. The first-order valence-electron chi connectivity index (χ1n) is 23.7. The van der Waals surface area contributed by atoms with Crippen molar-refractivity contribution in [2.45, 2.75) is 70.0 Å². The Balaban J connectivity index is 1.09. The van der Waals surface area contributed by atoms with E-state index in [0.29, 0.717) is 6.61 Å². The highest BCUT2D eigenvalue weighted by molar-refractivity contribution is 6.01. The van der Waals surface area contributed by atoms with Gasteiger partial charge in [0.15, 0.2) is 17.9 Å². The van der Waals surface area contributed by atoms with Crippen LogP contribution in [-0.4, -0.2) is 75.4 Å². The number of fused-ring (bicyclic) bond motifs is 9. The second kappa shape index (κ2) is 17.5. The Morgan fingerprint density at radius 2 is 1.04 bits per heavy atom. The molecule has 0 amide bonds. The Labute approximate surface area is 400 Å². The molecule has 12 rings (SSSR count). The molecule has 0 unspecified atom stereocenters. The molecule has 8 heterocycles. The number of rotatable bonds is 9. The monoisotopic (exact) mass is 912 g/mol. The average molecular weight is 913 g/mol. The lowest BCUT2D eigenvalue weighted by atomic mass is 10.0. The van der Waals surface area contributed by atoms with Crippen LogP contribution in [0, 0.1) is 0 Å². The summed E-state index contributed by atoms with van der Waals surface area (Å²) in [4.78, 5) is 18.8. The third-order valence-corrected chi connectivity index (χ3v) is 13.3. The SMILES string of the molecule is CC1(C)O[C@H]2O[C@H]([C@H]3COC(C)(C)O3)[C@H](OC/C=C/c3cc4[nH]c3c(-c3ccccc3)c3nc(c(-c5ccccc5)c5ccc([nH]5)c(-c5ccccc5)c5nc(c4-c4ccccc4)C=C5)C=C3)[C@H]2O1. The number of H-pyrrole nitrogens is 2. The predicted molar refractivity (Wildman–Crippen MR) is 273 cm³/mol. The Morgan fingerprint density at radius 1 is 0.551 bits per heavy atom. The molecule has 5 atom stereocenters. The summed E-state index contributed by atoms with van der Waals surface area (Å²) in [6.45, 7) is 8.26. The van der Waals surface area contributed by atoms with E-state index in [9.17, 15) is 0 Å². The molecule has 8 bridgehead atoms. The Kier molecular flexibility index (Phi) is 11.0. The van der Waals surface area contributed by atoms with Crippen LogP contribution >= 0.6 is 0 Å². The Hall–Kier alpha value is -7.02. The van der Waals surface area contributed by atoms with Gasteiger partial charge in [0.05, 0.1) is 41.5 Å². The summed E-state index contributed by atoms with van der Waals surface area (Å²) in [6, 6.07) is 48.4. The molecule has 3 aromatic heterocycles. The van der Waals surface area contributed by atoms with E-state index in [1.807, 2.05) is 52.0 Å². The number of aromatic nitrogens is 4. The highest BCUT2D eigenvalue weighted by Gasteiger charge is 2.58. The van der Waals surface area contributed by atoms with E-state index >= 15 is 0 Å². The number of aromatic amines is 2. The van der Waals surface area contributed by atoms with Gasteiger partial charge in [0.1, 0.15) is 24.4 Å². The number of benzene rings is 4. The number of hydrogen-bond donors (Lipinski definition) is 2. The Bertz CT molecular complexity index is 3320. The van der Waals surface area contributed by atoms with Crippen LogP contribution in [0.15, 0.2) is 146 Å². The van der Waals surface area contributed by atoms with Gasteiger partial charge in [-0.15, -0.1) is 0 Å². The first-order valence-corrected chi connectivity index (χ1v) is 23.7. The molecule has 10 nitrogen and oxygen atoms in total. The van der Waals surface area contributed by atoms with Crippen molar-refractivity contribution in [3.63, 3.8) is 0 Å². The minimum Gasteiger partial charge on any atom is -0.368 e. The average Bonchev–Trinajstić information content (AvgIpc) is 4.25. The van der Waals surface area contributed by atoms with Gasteiger partial charge in [0.2, 0.25) is 0 Å². The van der Waals surface area contributed by atoms with Gasteiger partial charge in [0, 0.05) is 44.4 Å². The van der Waals surface area contributed by atoms with Crippen molar-refractivity contribution in [1.82, 2.24) is 19.9 Å². The molecule has 5 aliphatic rings. The second-order valence-corrected chi connectivity index (χ2v) is 18.8. The second-order valence-electron chi connectivity index (χ2n) is 18.8. The molecule has 7 aromatic rings. The molecular weight excluding hydrogens is 861 g/mol. The van der Waals surface area contributed by atoms with Crippen molar-refractivity contribution >= 4 is 52.4 Å². The molecule has 5 aliphatic heterocycles. The van der Waals surface area contributed by atoms with E-state index in [1.54, 1.807) is 0 Å². The highest BCUT2D eigenvalue weighted by atomic mass is 16.8. The zero-order valence-electron chi connectivity index (χ0n) is 38.9. The minimum absolute atomic E-state index is 0.266. The van der Waals surface area contributed by atoms with Gasteiger partial charge < -0.3 is 38.4 Å². The summed E-state index contributed by atoms with van der Waals surface area (Å²) in [5.41, 5.74) is 16.1. The minimum atomic E-state index is -0.814. The topological polar surface area (TPSA) is 113 Å². The smallest absolute Gasteiger partial charge is 0.190 e. The summed E-state index contributed by atoms with van der Waals surface area (Å²) >= 11 is 0. The molecule has 69 heavy (non-hydrogen) atoms. The number of ether oxygens (including phenoxy) is 6. The summed E-state index contributed by atoms with van der Waals surface area (Å²) in [6.07, 6.45) is 10.4. The van der Waals surface area contributed by atoms with E-state index in [1.165, 1.54) is 0 Å². The van der Waals surface area contributed by atoms with E-state index in [2.05, 4.69) is 162 Å². The van der Waals surface area contributed by atoms with Crippen molar-refractivity contribution in [2.24, 2.45) is 0 Å². The van der Waals surface area contributed by atoms with Crippen LogP contribution in [0.3, 0.4) is 0 Å². The maximum absolute atomic E-state index is 6.75. The van der Waals surface area contributed by atoms with Crippen LogP contribution in [0.2, 0.25) is 0 Å². The zero-order chi connectivity index (χ0) is 46.7. The quantitative estimate of drug-likeness (QED) is 0.147. The first kappa shape index (κ1) is 43.3. The number of nitrogens with zero attached hydrogens (tertiary/aromatic N) is 2.